The third kappa shape index (κ3) is 4.23. The number of piperazine rings is 1. The monoisotopic (exact) mass is 275 g/mol. The molecular formula is C16H25N3O. The first-order valence-corrected chi connectivity index (χ1v) is 7.48. The molecule has 0 atom stereocenters. The number of nitrogens with one attached hydrogen (secondary N) is 1. The van der Waals surface area contributed by atoms with Gasteiger partial charge in [-0.1, -0.05) is 19.1 Å². The maximum Gasteiger partial charge on any atom is 0.224 e. The second-order valence-electron chi connectivity index (χ2n) is 5.41. The zero-order valence-corrected chi connectivity index (χ0v) is 12.6. The van der Waals surface area contributed by atoms with Crippen LogP contribution in [0.15, 0.2) is 24.3 Å². The third-order valence-corrected chi connectivity index (χ3v) is 3.89. The highest BCUT2D eigenvalue weighted by Gasteiger charge is 2.18. The molecule has 1 aromatic rings. The highest BCUT2D eigenvalue weighted by molar-refractivity contribution is 5.76. The van der Waals surface area contributed by atoms with Gasteiger partial charge in [0.2, 0.25) is 5.91 Å². The van der Waals surface area contributed by atoms with Crippen LogP contribution >= 0.6 is 0 Å². The topological polar surface area (TPSA) is 35.6 Å². The van der Waals surface area contributed by atoms with Gasteiger partial charge in [0.15, 0.2) is 0 Å². The molecule has 0 saturated carbocycles. The van der Waals surface area contributed by atoms with E-state index in [1.165, 1.54) is 5.56 Å². The van der Waals surface area contributed by atoms with Crippen molar-refractivity contribution in [3.8, 4) is 0 Å². The van der Waals surface area contributed by atoms with E-state index < -0.39 is 0 Å². The van der Waals surface area contributed by atoms with E-state index in [1.807, 2.05) is 4.90 Å². The van der Waals surface area contributed by atoms with E-state index in [4.69, 9.17) is 0 Å². The summed E-state index contributed by atoms with van der Waals surface area (Å²) in [6.45, 7) is 6.55. The molecule has 2 rings (SSSR count). The van der Waals surface area contributed by atoms with Crippen molar-refractivity contribution in [2.45, 2.75) is 19.8 Å². The predicted octanol–water partition coefficient (Wildman–Crippen LogP) is 1.82. The minimum Gasteiger partial charge on any atom is -0.385 e. The number of likely N-dealkylation sites (N-methyl/N-ethyl adjacent to an activating group) is 1. The maximum absolute atomic E-state index is 12.1. The van der Waals surface area contributed by atoms with Crippen LogP contribution in [0, 0.1) is 0 Å². The first-order valence-electron chi connectivity index (χ1n) is 7.48. The number of hydrogen-bond donors (Lipinski definition) is 1. The van der Waals surface area contributed by atoms with Crippen LogP contribution < -0.4 is 5.32 Å². The van der Waals surface area contributed by atoms with Crippen LogP contribution in [-0.4, -0.2) is 55.5 Å². The van der Waals surface area contributed by atoms with Crippen molar-refractivity contribution >= 4 is 11.6 Å². The molecule has 0 aromatic heterocycles. The van der Waals surface area contributed by atoms with E-state index in [9.17, 15) is 4.79 Å². The van der Waals surface area contributed by atoms with Crippen molar-refractivity contribution in [2.75, 3.05) is 45.1 Å². The fourth-order valence-corrected chi connectivity index (χ4v) is 2.39. The summed E-state index contributed by atoms with van der Waals surface area (Å²) in [5.41, 5.74) is 2.43. The molecule has 110 valence electrons. The van der Waals surface area contributed by atoms with Crippen LogP contribution in [0.2, 0.25) is 0 Å². The molecule has 20 heavy (non-hydrogen) atoms. The Kier molecular flexibility index (Phi) is 5.41. The first kappa shape index (κ1) is 14.9. The number of benzene rings is 1. The van der Waals surface area contributed by atoms with Crippen molar-refractivity contribution < 1.29 is 4.79 Å². The first-order chi connectivity index (χ1) is 9.69. The van der Waals surface area contributed by atoms with Crippen LogP contribution in [0.1, 0.15) is 18.9 Å². The summed E-state index contributed by atoms with van der Waals surface area (Å²) in [7, 11) is 2.10. The van der Waals surface area contributed by atoms with Gasteiger partial charge >= 0.3 is 0 Å². The quantitative estimate of drug-likeness (QED) is 0.890. The van der Waals surface area contributed by atoms with E-state index in [0.29, 0.717) is 13.0 Å². The second kappa shape index (κ2) is 7.29. The maximum atomic E-state index is 12.1. The molecule has 1 fully saturated rings. The van der Waals surface area contributed by atoms with Gasteiger partial charge in [-0.3, -0.25) is 4.79 Å². The van der Waals surface area contributed by atoms with Crippen molar-refractivity contribution in [3.05, 3.63) is 29.8 Å². The Balaban J connectivity index is 1.70. The summed E-state index contributed by atoms with van der Waals surface area (Å²) >= 11 is 0. The van der Waals surface area contributed by atoms with Gasteiger partial charge in [-0.25, -0.2) is 0 Å². The summed E-state index contributed by atoms with van der Waals surface area (Å²) in [6, 6.07) is 8.42. The zero-order chi connectivity index (χ0) is 14.4. The molecule has 1 N–H and O–H groups in total. The second-order valence-corrected chi connectivity index (χ2v) is 5.41. The summed E-state index contributed by atoms with van der Waals surface area (Å²) in [4.78, 5) is 16.3. The van der Waals surface area contributed by atoms with Gasteiger partial charge in [-0.2, -0.15) is 0 Å². The minimum absolute atomic E-state index is 0.260. The standard InChI is InChI=1S/C16H25N3O/c1-3-14-4-6-15(7-5-14)17-9-8-16(20)19-12-10-18(2)11-13-19/h4-7,17H,3,8-13H2,1-2H3. The van der Waals surface area contributed by atoms with E-state index >= 15 is 0 Å². The SMILES string of the molecule is CCc1ccc(NCCC(=O)N2CCN(C)CC2)cc1. The predicted molar refractivity (Wildman–Crippen MR) is 83.0 cm³/mol. The van der Waals surface area contributed by atoms with Crippen LogP contribution in [0.4, 0.5) is 5.69 Å². The number of nitrogens with zero attached hydrogens (tertiary/aromatic N) is 2. The van der Waals surface area contributed by atoms with Gasteiger partial charge in [-0.05, 0) is 31.2 Å². The van der Waals surface area contributed by atoms with Gasteiger partial charge in [0.1, 0.15) is 0 Å². The molecule has 4 heteroatoms. The Hall–Kier alpha value is -1.55. The van der Waals surface area contributed by atoms with Gasteiger partial charge in [0, 0.05) is 44.8 Å². The Labute approximate surface area is 121 Å². The third-order valence-electron chi connectivity index (χ3n) is 3.89. The highest BCUT2D eigenvalue weighted by atomic mass is 16.2. The molecule has 1 heterocycles. The molecule has 0 spiro atoms. The zero-order valence-electron chi connectivity index (χ0n) is 12.6. The summed E-state index contributed by atoms with van der Waals surface area (Å²) in [5.74, 6) is 0.260. The highest BCUT2D eigenvalue weighted by Crippen LogP contribution is 2.10. The molecule has 1 aliphatic rings. The lowest BCUT2D eigenvalue weighted by Gasteiger charge is -2.32. The number of anilines is 1. The molecule has 1 amide bonds. The van der Waals surface area contributed by atoms with Crippen molar-refractivity contribution in [1.29, 1.82) is 0 Å². The molecular weight excluding hydrogens is 250 g/mol. The van der Waals surface area contributed by atoms with Gasteiger partial charge in [-0.15, -0.1) is 0 Å². The van der Waals surface area contributed by atoms with Gasteiger partial charge < -0.3 is 15.1 Å². The fourth-order valence-electron chi connectivity index (χ4n) is 2.39. The molecule has 0 aliphatic carbocycles. The molecule has 0 bridgehead atoms. The van der Waals surface area contributed by atoms with Crippen molar-refractivity contribution in [3.63, 3.8) is 0 Å². The van der Waals surface area contributed by atoms with E-state index in [0.717, 1.165) is 38.3 Å². The smallest absolute Gasteiger partial charge is 0.224 e. The Morgan fingerprint density at radius 2 is 1.80 bits per heavy atom. The minimum atomic E-state index is 0.260. The molecule has 4 nitrogen and oxygen atoms in total. The number of amides is 1. The summed E-state index contributed by atoms with van der Waals surface area (Å²) in [6.07, 6.45) is 1.63. The molecule has 0 radical (unpaired) electrons. The van der Waals surface area contributed by atoms with Crippen LogP contribution in [0.3, 0.4) is 0 Å². The Morgan fingerprint density at radius 3 is 2.40 bits per heavy atom. The number of carbonyl (C=O) groups is 1. The Bertz CT molecular complexity index is 422. The average Bonchev–Trinajstić information content (AvgIpc) is 2.48. The molecule has 1 aliphatic heterocycles. The lowest BCUT2D eigenvalue weighted by atomic mass is 10.1. The fraction of sp³-hybridized carbons (Fsp3) is 0.562. The van der Waals surface area contributed by atoms with Gasteiger partial charge in [0.25, 0.3) is 0 Å². The lowest BCUT2D eigenvalue weighted by Crippen LogP contribution is -2.47. The molecule has 1 saturated heterocycles. The number of hydrogen-bond acceptors (Lipinski definition) is 3. The number of carbonyl (C=O) groups excluding carboxylic acids is 1. The number of rotatable bonds is 5. The molecule has 1 aromatic carbocycles. The van der Waals surface area contributed by atoms with E-state index in [1.54, 1.807) is 0 Å². The van der Waals surface area contributed by atoms with Crippen LogP contribution in [0.5, 0.6) is 0 Å². The summed E-state index contributed by atoms with van der Waals surface area (Å²) < 4.78 is 0. The van der Waals surface area contributed by atoms with Crippen molar-refractivity contribution in [2.24, 2.45) is 0 Å². The lowest BCUT2D eigenvalue weighted by molar-refractivity contribution is -0.132. The Morgan fingerprint density at radius 1 is 1.15 bits per heavy atom. The normalized spacial score (nSPS) is 16.2. The summed E-state index contributed by atoms with van der Waals surface area (Å²) in [5, 5.41) is 3.32. The van der Waals surface area contributed by atoms with Crippen molar-refractivity contribution in [1.82, 2.24) is 9.80 Å². The van der Waals surface area contributed by atoms with Gasteiger partial charge in [0.05, 0.1) is 0 Å². The largest absolute Gasteiger partial charge is 0.385 e. The number of aryl methyl sites for hydroxylation is 1. The molecule has 0 unspecified atom stereocenters. The van der Waals surface area contributed by atoms with E-state index in [-0.39, 0.29) is 5.91 Å². The average molecular weight is 275 g/mol. The van der Waals surface area contributed by atoms with E-state index in [2.05, 4.69) is 48.5 Å². The van der Waals surface area contributed by atoms with Crippen LogP contribution in [0.25, 0.3) is 0 Å². The van der Waals surface area contributed by atoms with Crippen LogP contribution in [-0.2, 0) is 11.2 Å².